The molecule has 0 aliphatic carbocycles. The van der Waals surface area contributed by atoms with Crippen molar-refractivity contribution in [1.82, 2.24) is 4.90 Å². The molecule has 0 unspecified atom stereocenters. The number of aryl methyl sites for hydroxylation is 1. The van der Waals surface area contributed by atoms with Gasteiger partial charge in [-0.1, -0.05) is 41.9 Å². The fourth-order valence-electron chi connectivity index (χ4n) is 4.46. The number of benzene rings is 3. The lowest BCUT2D eigenvalue weighted by atomic mass is 9.86. The zero-order valence-corrected chi connectivity index (χ0v) is 18.9. The number of carbonyl (C=O) groups is 3. The minimum atomic E-state index is -0.949. The second-order valence-electron chi connectivity index (χ2n) is 8.06. The molecule has 33 heavy (non-hydrogen) atoms. The van der Waals surface area contributed by atoms with Crippen molar-refractivity contribution in [3.63, 3.8) is 0 Å². The molecule has 2 aliphatic rings. The number of fused-ring (bicyclic) bond motifs is 1. The first-order valence-corrected chi connectivity index (χ1v) is 11.1. The smallest absolute Gasteiger partial charge is 0.262 e. The van der Waals surface area contributed by atoms with Crippen molar-refractivity contribution in [3.8, 4) is 5.75 Å². The first-order chi connectivity index (χ1) is 15.9. The summed E-state index contributed by atoms with van der Waals surface area (Å²) in [4.78, 5) is 42.4. The van der Waals surface area contributed by atoms with E-state index in [1.807, 2.05) is 50.2 Å². The Morgan fingerprint density at radius 3 is 2.06 bits per heavy atom. The van der Waals surface area contributed by atoms with E-state index in [0.29, 0.717) is 34.2 Å². The topological polar surface area (TPSA) is 66.9 Å². The van der Waals surface area contributed by atoms with Crippen molar-refractivity contribution in [2.45, 2.75) is 25.9 Å². The summed E-state index contributed by atoms with van der Waals surface area (Å²) in [7, 11) is 0. The average molecular weight is 461 g/mol. The first kappa shape index (κ1) is 21.2. The van der Waals surface area contributed by atoms with Crippen LogP contribution in [0.5, 0.6) is 5.75 Å². The van der Waals surface area contributed by atoms with Crippen LogP contribution in [0.4, 0.5) is 5.69 Å². The Labute approximate surface area is 196 Å². The quantitative estimate of drug-likeness (QED) is 0.405. The molecule has 7 heteroatoms. The number of carbonyl (C=O) groups excluding carboxylic acids is 3. The zero-order chi connectivity index (χ0) is 23.3. The fraction of sp³-hybridized carbons (Fsp3) is 0.192. The van der Waals surface area contributed by atoms with Gasteiger partial charge in [-0.05, 0) is 61.4 Å². The third-order valence-electron chi connectivity index (χ3n) is 6.14. The highest BCUT2D eigenvalue weighted by molar-refractivity contribution is 6.32. The number of halogens is 1. The third kappa shape index (κ3) is 3.29. The van der Waals surface area contributed by atoms with Crippen molar-refractivity contribution >= 4 is 35.0 Å². The minimum Gasteiger partial charge on any atom is -0.494 e. The van der Waals surface area contributed by atoms with Crippen LogP contribution in [-0.2, 0) is 4.79 Å². The van der Waals surface area contributed by atoms with Crippen LogP contribution >= 0.6 is 11.6 Å². The summed E-state index contributed by atoms with van der Waals surface area (Å²) in [5.74, 6) is -0.532. The molecule has 5 rings (SSSR count). The van der Waals surface area contributed by atoms with E-state index in [4.69, 9.17) is 16.3 Å². The van der Waals surface area contributed by atoms with Gasteiger partial charge in [-0.2, -0.15) is 0 Å². The van der Waals surface area contributed by atoms with E-state index in [0.717, 1.165) is 16.0 Å². The van der Waals surface area contributed by atoms with Crippen LogP contribution in [0.15, 0.2) is 66.7 Å². The summed E-state index contributed by atoms with van der Waals surface area (Å²) in [6.07, 6.45) is 0. The third-order valence-corrected chi connectivity index (χ3v) is 6.54. The van der Waals surface area contributed by atoms with Crippen LogP contribution in [0.3, 0.4) is 0 Å². The molecule has 3 aromatic carbocycles. The highest BCUT2D eigenvalue weighted by Gasteiger charge is 2.57. The first-order valence-electron chi connectivity index (χ1n) is 10.7. The average Bonchev–Trinajstić information content (AvgIpc) is 3.06. The Morgan fingerprint density at radius 2 is 1.48 bits per heavy atom. The lowest BCUT2D eigenvalue weighted by molar-refractivity contribution is -0.130. The summed E-state index contributed by atoms with van der Waals surface area (Å²) < 4.78 is 5.54. The van der Waals surface area contributed by atoms with Crippen LogP contribution in [0.1, 0.15) is 44.8 Å². The highest BCUT2D eigenvalue weighted by Crippen LogP contribution is 2.45. The number of imide groups is 1. The van der Waals surface area contributed by atoms with Gasteiger partial charge in [0.25, 0.3) is 17.7 Å². The Hall–Kier alpha value is -3.64. The van der Waals surface area contributed by atoms with Crippen molar-refractivity contribution in [3.05, 3.63) is 94.0 Å². The molecule has 2 aliphatic heterocycles. The van der Waals surface area contributed by atoms with E-state index in [2.05, 4.69) is 0 Å². The maximum absolute atomic E-state index is 13.5. The van der Waals surface area contributed by atoms with Gasteiger partial charge in [0.1, 0.15) is 11.8 Å². The van der Waals surface area contributed by atoms with E-state index in [1.165, 1.54) is 0 Å². The Balaban J connectivity index is 1.57. The van der Waals surface area contributed by atoms with Crippen LogP contribution in [0, 0.1) is 6.92 Å². The zero-order valence-electron chi connectivity index (χ0n) is 18.1. The molecule has 1 saturated heterocycles. The second kappa shape index (κ2) is 8.05. The van der Waals surface area contributed by atoms with Crippen LogP contribution in [0.2, 0.25) is 5.02 Å². The van der Waals surface area contributed by atoms with Gasteiger partial charge in [-0.3, -0.25) is 19.3 Å². The summed E-state index contributed by atoms with van der Waals surface area (Å²) in [5, 5.41) is 0.537. The van der Waals surface area contributed by atoms with Gasteiger partial charge in [0.2, 0.25) is 0 Å². The second-order valence-corrected chi connectivity index (χ2v) is 8.47. The molecule has 3 amide bonds. The summed E-state index contributed by atoms with van der Waals surface area (Å²) in [5.41, 5.74) is 2.93. The van der Waals surface area contributed by atoms with E-state index in [9.17, 15) is 14.4 Å². The van der Waals surface area contributed by atoms with Gasteiger partial charge in [0.05, 0.1) is 23.8 Å². The Bertz CT molecular complexity index is 1250. The summed E-state index contributed by atoms with van der Waals surface area (Å²) >= 11 is 6.33. The highest BCUT2D eigenvalue weighted by atomic mass is 35.5. The Morgan fingerprint density at radius 1 is 0.848 bits per heavy atom. The van der Waals surface area contributed by atoms with Gasteiger partial charge in [0.15, 0.2) is 0 Å². The summed E-state index contributed by atoms with van der Waals surface area (Å²) in [6.45, 7) is 4.32. The largest absolute Gasteiger partial charge is 0.494 e. The van der Waals surface area contributed by atoms with Crippen LogP contribution in [-0.4, -0.2) is 35.3 Å². The molecule has 0 spiro atoms. The van der Waals surface area contributed by atoms with Crippen LogP contribution < -0.4 is 9.64 Å². The van der Waals surface area contributed by atoms with Crippen LogP contribution in [0.25, 0.3) is 0 Å². The number of β-lactam (4-membered cyclic amide) rings is 1. The van der Waals surface area contributed by atoms with Gasteiger partial charge in [0, 0.05) is 10.7 Å². The molecular weight excluding hydrogens is 440 g/mol. The molecule has 6 nitrogen and oxygen atoms in total. The van der Waals surface area contributed by atoms with E-state index < -0.39 is 23.9 Å². The molecular formula is C26H21ClN2O4. The Kier molecular flexibility index (Phi) is 5.17. The lowest BCUT2D eigenvalue weighted by Crippen LogP contribution is -2.67. The number of ether oxygens (including phenoxy) is 1. The van der Waals surface area contributed by atoms with Gasteiger partial charge in [-0.25, -0.2) is 0 Å². The standard InChI is InChI=1S/C26H21ClN2O4/c1-3-33-18-12-9-16(10-13-18)22-23(26(32)28(22)17-11-8-15(2)21(27)14-17)29-24(30)19-6-4-5-7-20(19)25(29)31/h4-14,22-23H,3H2,1-2H3/t22-,23+/m0/s1. The van der Waals surface area contributed by atoms with E-state index in [1.54, 1.807) is 35.2 Å². The number of anilines is 1. The van der Waals surface area contributed by atoms with Crippen molar-refractivity contribution in [2.75, 3.05) is 11.5 Å². The van der Waals surface area contributed by atoms with Gasteiger partial charge >= 0.3 is 0 Å². The minimum absolute atomic E-state index is 0.317. The molecule has 2 heterocycles. The number of hydrogen-bond acceptors (Lipinski definition) is 4. The maximum Gasteiger partial charge on any atom is 0.262 e. The summed E-state index contributed by atoms with van der Waals surface area (Å²) in [6, 6.07) is 17.9. The normalized spacial score (nSPS) is 19.5. The number of nitrogens with zero attached hydrogens (tertiary/aromatic N) is 2. The van der Waals surface area contributed by atoms with E-state index >= 15 is 0 Å². The fourth-order valence-corrected chi connectivity index (χ4v) is 4.64. The number of hydrogen-bond donors (Lipinski definition) is 0. The number of rotatable bonds is 5. The molecule has 0 saturated carbocycles. The molecule has 3 aromatic rings. The predicted molar refractivity (Wildman–Crippen MR) is 125 cm³/mol. The van der Waals surface area contributed by atoms with E-state index in [-0.39, 0.29) is 5.91 Å². The predicted octanol–water partition coefficient (Wildman–Crippen LogP) is 4.80. The van der Waals surface area contributed by atoms with Crippen molar-refractivity contribution in [2.24, 2.45) is 0 Å². The molecule has 0 aromatic heterocycles. The molecule has 166 valence electrons. The van der Waals surface area contributed by atoms with Crippen molar-refractivity contribution in [1.29, 1.82) is 0 Å². The molecule has 1 fully saturated rings. The molecule has 0 N–H and O–H groups in total. The molecule has 0 radical (unpaired) electrons. The molecule has 2 atom stereocenters. The molecule has 0 bridgehead atoms. The monoisotopic (exact) mass is 460 g/mol. The lowest BCUT2D eigenvalue weighted by Gasteiger charge is -2.49. The van der Waals surface area contributed by atoms with Gasteiger partial charge < -0.3 is 9.64 Å². The van der Waals surface area contributed by atoms with Gasteiger partial charge in [-0.15, -0.1) is 0 Å². The SMILES string of the molecule is CCOc1ccc([C@H]2[C@@H](N3C(=O)c4ccccc4C3=O)C(=O)N2c2ccc(C)c(Cl)c2)cc1. The maximum atomic E-state index is 13.5. The number of amides is 3. The van der Waals surface area contributed by atoms with Crippen molar-refractivity contribution < 1.29 is 19.1 Å².